The Morgan fingerprint density at radius 3 is 2.80 bits per heavy atom. The number of carboxylic acids is 1. The van der Waals surface area contributed by atoms with Crippen LogP contribution in [-0.2, 0) is 9.59 Å². The minimum Gasteiger partial charge on any atom is -0.550 e. The molecule has 1 heterocycles. The van der Waals surface area contributed by atoms with Crippen molar-refractivity contribution >= 4 is 17.6 Å². The standard InChI is InChI=1S/C11H11NO3/c1-12-9-5-3-2-4-7(9)8(11(12)15)6-10(13)14/h2-5,8H,6H2,1H3,(H,13,14)/p-1/t8-/m1/s1. The van der Waals surface area contributed by atoms with E-state index in [4.69, 9.17) is 0 Å². The smallest absolute Gasteiger partial charge is 0.234 e. The molecule has 0 spiro atoms. The predicted octanol–water partition coefficient (Wildman–Crippen LogP) is -0.113. The van der Waals surface area contributed by atoms with Crippen LogP contribution in [-0.4, -0.2) is 18.9 Å². The molecule has 1 amide bonds. The number of anilines is 1. The van der Waals surface area contributed by atoms with E-state index in [1.807, 2.05) is 12.1 Å². The van der Waals surface area contributed by atoms with Crippen molar-refractivity contribution in [3.8, 4) is 0 Å². The average Bonchev–Trinajstić information content (AvgIpc) is 2.44. The molecule has 0 bridgehead atoms. The van der Waals surface area contributed by atoms with Gasteiger partial charge in [0, 0.05) is 25.1 Å². The van der Waals surface area contributed by atoms with Crippen molar-refractivity contribution in [2.45, 2.75) is 12.3 Å². The van der Waals surface area contributed by atoms with Gasteiger partial charge in [-0.1, -0.05) is 18.2 Å². The van der Waals surface area contributed by atoms with E-state index in [0.29, 0.717) is 0 Å². The molecule has 0 N–H and O–H groups in total. The Bertz CT molecular complexity index is 428. The summed E-state index contributed by atoms with van der Waals surface area (Å²) in [5.74, 6) is -1.96. The van der Waals surface area contributed by atoms with Gasteiger partial charge in [0.25, 0.3) is 0 Å². The molecule has 1 aliphatic rings. The van der Waals surface area contributed by atoms with Crippen LogP contribution in [0.3, 0.4) is 0 Å². The van der Waals surface area contributed by atoms with Crippen LogP contribution in [0, 0.1) is 0 Å². The van der Waals surface area contributed by atoms with E-state index in [9.17, 15) is 14.7 Å². The van der Waals surface area contributed by atoms with Gasteiger partial charge >= 0.3 is 0 Å². The Labute approximate surface area is 87.1 Å². The largest absolute Gasteiger partial charge is 0.550 e. The molecule has 0 unspecified atom stereocenters. The summed E-state index contributed by atoms with van der Waals surface area (Å²) in [6.07, 6.45) is -0.250. The van der Waals surface area contributed by atoms with E-state index in [1.165, 1.54) is 4.90 Å². The predicted molar refractivity (Wildman–Crippen MR) is 52.2 cm³/mol. The van der Waals surface area contributed by atoms with Gasteiger partial charge in [0.05, 0.1) is 5.92 Å². The van der Waals surface area contributed by atoms with Crippen LogP contribution in [0.25, 0.3) is 0 Å². The number of amides is 1. The van der Waals surface area contributed by atoms with Gasteiger partial charge in [-0.3, -0.25) is 4.79 Å². The first-order chi connectivity index (χ1) is 7.11. The second kappa shape index (κ2) is 3.38. The Hall–Kier alpha value is -1.84. The number of fused-ring (bicyclic) bond motifs is 1. The van der Waals surface area contributed by atoms with Crippen LogP contribution in [0.4, 0.5) is 5.69 Å². The summed E-state index contributed by atoms with van der Waals surface area (Å²) in [4.78, 5) is 23.8. The molecule has 4 nitrogen and oxygen atoms in total. The highest BCUT2D eigenvalue weighted by Crippen LogP contribution is 2.37. The maximum atomic E-state index is 11.7. The van der Waals surface area contributed by atoms with Crippen molar-refractivity contribution < 1.29 is 14.7 Å². The second-order valence-corrected chi connectivity index (χ2v) is 3.58. The van der Waals surface area contributed by atoms with Crippen molar-refractivity contribution in [1.82, 2.24) is 0 Å². The topological polar surface area (TPSA) is 60.4 Å². The van der Waals surface area contributed by atoms with Gasteiger partial charge in [-0.15, -0.1) is 0 Å². The van der Waals surface area contributed by atoms with Gasteiger partial charge in [-0.2, -0.15) is 0 Å². The lowest BCUT2D eigenvalue weighted by Gasteiger charge is -2.11. The van der Waals surface area contributed by atoms with Crippen molar-refractivity contribution in [2.24, 2.45) is 0 Å². The number of nitrogens with zero attached hydrogens (tertiary/aromatic N) is 1. The van der Waals surface area contributed by atoms with Crippen molar-refractivity contribution in [3.05, 3.63) is 29.8 Å². The first-order valence-electron chi connectivity index (χ1n) is 4.67. The quantitative estimate of drug-likeness (QED) is 0.675. The molecule has 78 valence electrons. The molecule has 1 aromatic rings. The van der Waals surface area contributed by atoms with Crippen LogP contribution in [0.2, 0.25) is 0 Å². The van der Waals surface area contributed by atoms with Crippen LogP contribution in [0.5, 0.6) is 0 Å². The summed E-state index contributed by atoms with van der Waals surface area (Å²) in [7, 11) is 1.65. The van der Waals surface area contributed by atoms with Gasteiger partial charge in [-0.05, 0) is 11.6 Å². The van der Waals surface area contributed by atoms with Gasteiger partial charge in [0.1, 0.15) is 0 Å². The van der Waals surface area contributed by atoms with Crippen LogP contribution < -0.4 is 10.0 Å². The van der Waals surface area contributed by atoms with Crippen LogP contribution in [0.15, 0.2) is 24.3 Å². The molecular weight excluding hydrogens is 194 g/mol. The average molecular weight is 204 g/mol. The molecule has 4 heteroatoms. The van der Waals surface area contributed by atoms with E-state index in [0.717, 1.165) is 11.3 Å². The molecule has 0 saturated carbocycles. The summed E-state index contributed by atoms with van der Waals surface area (Å²) in [5, 5.41) is 10.5. The molecule has 1 aliphatic heterocycles. The minimum atomic E-state index is -1.20. The molecule has 0 aromatic heterocycles. The van der Waals surface area contributed by atoms with E-state index in [2.05, 4.69) is 0 Å². The molecule has 0 aliphatic carbocycles. The number of benzene rings is 1. The highest BCUT2D eigenvalue weighted by Gasteiger charge is 2.34. The first-order valence-corrected chi connectivity index (χ1v) is 4.67. The highest BCUT2D eigenvalue weighted by molar-refractivity contribution is 6.05. The zero-order valence-electron chi connectivity index (χ0n) is 8.27. The number of likely N-dealkylation sites (N-methyl/N-ethyl adjacent to an activating group) is 1. The molecule has 1 aromatic carbocycles. The SMILES string of the molecule is CN1C(=O)[C@H](CC(=O)[O-])c2ccccc21. The molecule has 15 heavy (non-hydrogen) atoms. The van der Waals surface area contributed by atoms with Gasteiger partial charge < -0.3 is 14.8 Å². The van der Waals surface area contributed by atoms with Crippen molar-refractivity contribution in [1.29, 1.82) is 0 Å². The van der Waals surface area contributed by atoms with Crippen molar-refractivity contribution in [3.63, 3.8) is 0 Å². The minimum absolute atomic E-state index is 0.180. The fourth-order valence-corrected chi connectivity index (χ4v) is 1.94. The van der Waals surface area contributed by atoms with Crippen LogP contribution >= 0.6 is 0 Å². The number of carboxylic acid groups (broad SMARTS) is 1. The van der Waals surface area contributed by atoms with Crippen molar-refractivity contribution in [2.75, 3.05) is 11.9 Å². The normalized spacial score (nSPS) is 19.1. The number of carbonyl (C=O) groups is 2. The lowest BCUT2D eigenvalue weighted by Crippen LogP contribution is -2.30. The van der Waals surface area contributed by atoms with E-state index < -0.39 is 11.9 Å². The second-order valence-electron chi connectivity index (χ2n) is 3.58. The van der Waals surface area contributed by atoms with Gasteiger partial charge in [0.15, 0.2) is 0 Å². The maximum absolute atomic E-state index is 11.7. The van der Waals surface area contributed by atoms with Gasteiger partial charge in [0.2, 0.25) is 5.91 Å². The summed E-state index contributed by atoms with van der Waals surface area (Å²) in [5.41, 5.74) is 1.56. The molecule has 0 saturated heterocycles. The van der Waals surface area contributed by atoms with E-state index in [-0.39, 0.29) is 12.3 Å². The Kier molecular flexibility index (Phi) is 2.19. The van der Waals surface area contributed by atoms with E-state index in [1.54, 1.807) is 19.2 Å². The Morgan fingerprint density at radius 2 is 2.13 bits per heavy atom. The fraction of sp³-hybridized carbons (Fsp3) is 0.273. The molecule has 0 radical (unpaired) electrons. The summed E-state index contributed by atoms with van der Waals surface area (Å²) >= 11 is 0. The number of hydrogen-bond donors (Lipinski definition) is 0. The molecule has 1 atom stereocenters. The lowest BCUT2D eigenvalue weighted by atomic mass is 9.97. The Morgan fingerprint density at radius 1 is 1.47 bits per heavy atom. The summed E-state index contributed by atoms with van der Waals surface area (Å²) < 4.78 is 0. The first kappa shape index (κ1) is 9.71. The lowest BCUT2D eigenvalue weighted by molar-refractivity contribution is -0.306. The Balaban J connectivity index is 2.42. The summed E-state index contributed by atoms with van der Waals surface area (Å²) in [6, 6.07) is 7.21. The molecular formula is C11H10NO3-. The zero-order chi connectivity index (χ0) is 11.0. The highest BCUT2D eigenvalue weighted by atomic mass is 16.4. The van der Waals surface area contributed by atoms with Gasteiger partial charge in [-0.25, -0.2) is 0 Å². The fourth-order valence-electron chi connectivity index (χ4n) is 1.94. The zero-order valence-corrected chi connectivity index (χ0v) is 8.27. The molecule has 0 fully saturated rings. The molecule has 2 rings (SSSR count). The third-order valence-electron chi connectivity index (χ3n) is 2.67. The number of aliphatic carboxylic acids is 1. The third-order valence-corrected chi connectivity index (χ3v) is 2.67. The van der Waals surface area contributed by atoms with Crippen LogP contribution in [0.1, 0.15) is 17.9 Å². The van der Waals surface area contributed by atoms with E-state index >= 15 is 0 Å². The monoisotopic (exact) mass is 204 g/mol. The third kappa shape index (κ3) is 1.48. The number of hydrogen-bond acceptors (Lipinski definition) is 3. The number of rotatable bonds is 2. The number of carbonyl (C=O) groups excluding carboxylic acids is 2. The number of para-hydroxylation sites is 1. The maximum Gasteiger partial charge on any atom is 0.234 e. The summed E-state index contributed by atoms with van der Waals surface area (Å²) in [6.45, 7) is 0.